The molecule has 152 valence electrons. The molecule has 2 aromatic heterocycles. The first kappa shape index (κ1) is 20.3. The Labute approximate surface area is 163 Å². The van der Waals surface area contributed by atoms with Crippen molar-refractivity contribution >= 4 is 17.5 Å². The highest BCUT2D eigenvalue weighted by molar-refractivity contribution is 5.94. The normalized spacial score (nSPS) is 13.3. The Balaban J connectivity index is 0.000000298. The van der Waals surface area contributed by atoms with E-state index in [9.17, 15) is 18.0 Å². The van der Waals surface area contributed by atoms with Gasteiger partial charge in [0.25, 0.3) is 5.91 Å². The first-order valence-corrected chi connectivity index (χ1v) is 8.48. The van der Waals surface area contributed by atoms with E-state index >= 15 is 0 Å². The number of rotatable bonds is 2. The van der Waals surface area contributed by atoms with Crippen LogP contribution in [0.5, 0.6) is 0 Å². The molecule has 7 nitrogen and oxygen atoms in total. The summed E-state index contributed by atoms with van der Waals surface area (Å²) in [6.07, 6.45) is -5.08. The maximum Gasteiger partial charge on any atom is 0.490 e. The van der Waals surface area contributed by atoms with Crippen LogP contribution < -0.4 is 5.73 Å². The van der Waals surface area contributed by atoms with E-state index in [2.05, 4.69) is 0 Å². The zero-order valence-corrected chi connectivity index (χ0v) is 15.3. The molecular weight excluding hydrogens is 389 g/mol. The van der Waals surface area contributed by atoms with E-state index in [0.29, 0.717) is 18.8 Å². The lowest BCUT2D eigenvalue weighted by molar-refractivity contribution is -0.192. The number of halogens is 3. The average Bonchev–Trinajstić information content (AvgIpc) is 3.05. The minimum Gasteiger partial charge on any atom is -0.475 e. The number of hydrogen-bond acceptors (Lipinski definition) is 4. The quantitative estimate of drug-likeness (QED) is 0.682. The maximum absolute atomic E-state index is 12.3. The largest absolute Gasteiger partial charge is 0.490 e. The van der Waals surface area contributed by atoms with Gasteiger partial charge in [-0.1, -0.05) is 30.3 Å². The van der Waals surface area contributed by atoms with Crippen LogP contribution in [0.1, 0.15) is 21.7 Å². The average molecular weight is 406 g/mol. The van der Waals surface area contributed by atoms with E-state index in [1.54, 1.807) is 4.90 Å². The van der Waals surface area contributed by atoms with Gasteiger partial charge in [0.2, 0.25) is 0 Å². The van der Waals surface area contributed by atoms with Crippen LogP contribution in [-0.4, -0.2) is 44.5 Å². The molecule has 29 heavy (non-hydrogen) atoms. The molecule has 1 aliphatic rings. The molecule has 1 amide bonds. The third-order valence-electron chi connectivity index (χ3n) is 4.40. The van der Waals surface area contributed by atoms with Gasteiger partial charge in [0, 0.05) is 19.2 Å². The summed E-state index contributed by atoms with van der Waals surface area (Å²) in [6, 6.07) is 13.8. The number of carbonyl (C=O) groups is 2. The lowest BCUT2D eigenvalue weighted by Crippen LogP contribution is -2.33. The van der Waals surface area contributed by atoms with Crippen LogP contribution in [0.4, 0.5) is 13.2 Å². The molecular formula is C19H17F3N4O3. The van der Waals surface area contributed by atoms with Crippen LogP contribution in [-0.2, 0) is 17.9 Å². The van der Waals surface area contributed by atoms with Crippen molar-refractivity contribution in [3.8, 4) is 11.3 Å². The van der Waals surface area contributed by atoms with Gasteiger partial charge in [0.05, 0.1) is 17.9 Å². The fourth-order valence-electron chi connectivity index (χ4n) is 2.99. The van der Waals surface area contributed by atoms with E-state index in [1.807, 2.05) is 53.9 Å². The predicted octanol–water partition coefficient (Wildman–Crippen LogP) is 2.68. The lowest BCUT2D eigenvalue weighted by atomic mass is 10.1. The van der Waals surface area contributed by atoms with Gasteiger partial charge in [-0.15, -0.1) is 0 Å². The fourth-order valence-corrected chi connectivity index (χ4v) is 2.99. The SMILES string of the molecule is CN1Cc2c(-c3ccc(CN)cc3)nc3cccc(n23)C1=O.O=C(O)C(F)(F)F. The number of amides is 1. The summed E-state index contributed by atoms with van der Waals surface area (Å²) < 4.78 is 33.7. The van der Waals surface area contributed by atoms with Gasteiger partial charge in [-0.3, -0.25) is 9.20 Å². The molecule has 0 bridgehead atoms. The zero-order valence-electron chi connectivity index (χ0n) is 15.3. The number of aromatic nitrogens is 2. The summed E-state index contributed by atoms with van der Waals surface area (Å²) in [5, 5.41) is 7.12. The number of carboxylic acid groups (broad SMARTS) is 1. The van der Waals surface area contributed by atoms with Gasteiger partial charge < -0.3 is 15.7 Å². The van der Waals surface area contributed by atoms with Crippen molar-refractivity contribution in [3.63, 3.8) is 0 Å². The number of hydrogen-bond donors (Lipinski definition) is 2. The first-order chi connectivity index (χ1) is 13.6. The Morgan fingerprint density at radius 2 is 1.83 bits per heavy atom. The summed E-state index contributed by atoms with van der Waals surface area (Å²) >= 11 is 0. The Morgan fingerprint density at radius 1 is 1.21 bits per heavy atom. The Bertz CT molecular complexity index is 1070. The topological polar surface area (TPSA) is 101 Å². The molecule has 0 saturated heterocycles. The molecule has 3 N–H and O–H groups in total. The van der Waals surface area contributed by atoms with Crippen molar-refractivity contribution in [2.75, 3.05) is 7.05 Å². The van der Waals surface area contributed by atoms with Crippen molar-refractivity contribution in [1.29, 1.82) is 0 Å². The van der Waals surface area contributed by atoms with Crippen molar-refractivity contribution in [2.45, 2.75) is 19.3 Å². The molecule has 1 aromatic carbocycles. The minimum atomic E-state index is -5.08. The number of nitrogens with zero attached hydrogens (tertiary/aromatic N) is 3. The summed E-state index contributed by atoms with van der Waals surface area (Å²) in [5.74, 6) is -2.73. The molecule has 0 fully saturated rings. The summed E-state index contributed by atoms with van der Waals surface area (Å²) in [5.41, 5.74) is 11.2. The maximum atomic E-state index is 12.3. The molecule has 3 heterocycles. The molecule has 0 radical (unpaired) electrons. The van der Waals surface area contributed by atoms with Gasteiger partial charge in [0.15, 0.2) is 0 Å². The van der Waals surface area contributed by atoms with Crippen molar-refractivity contribution in [1.82, 2.24) is 14.3 Å². The van der Waals surface area contributed by atoms with Crippen LogP contribution in [0.2, 0.25) is 0 Å². The Kier molecular flexibility index (Phi) is 5.29. The number of benzene rings is 1. The van der Waals surface area contributed by atoms with Gasteiger partial charge in [-0.2, -0.15) is 13.2 Å². The van der Waals surface area contributed by atoms with Crippen LogP contribution in [0.15, 0.2) is 42.5 Å². The molecule has 4 rings (SSSR count). The smallest absolute Gasteiger partial charge is 0.475 e. The number of carbonyl (C=O) groups excluding carboxylic acids is 1. The second-order valence-corrected chi connectivity index (χ2v) is 6.38. The van der Waals surface area contributed by atoms with Crippen LogP contribution in [0.25, 0.3) is 16.9 Å². The highest BCUT2D eigenvalue weighted by Gasteiger charge is 2.38. The number of pyridine rings is 1. The Morgan fingerprint density at radius 3 is 2.38 bits per heavy atom. The van der Waals surface area contributed by atoms with Gasteiger partial charge in [0.1, 0.15) is 11.3 Å². The number of aliphatic carboxylic acids is 1. The molecule has 0 saturated carbocycles. The molecule has 3 aromatic rings. The predicted molar refractivity (Wildman–Crippen MR) is 98.0 cm³/mol. The second kappa shape index (κ2) is 7.55. The van der Waals surface area contributed by atoms with E-state index in [1.165, 1.54) is 0 Å². The number of carboxylic acids is 1. The minimum absolute atomic E-state index is 0.0283. The summed E-state index contributed by atoms with van der Waals surface area (Å²) in [4.78, 5) is 27.6. The molecule has 0 spiro atoms. The van der Waals surface area contributed by atoms with Crippen molar-refractivity contribution in [2.24, 2.45) is 5.73 Å². The van der Waals surface area contributed by atoms with Gasteiger partial charge in [-0.25, -0.2) is 9.78 Å². The van der Waals surface area contributed by atoms with Crippen LogP contribution >= 0.6 is 0 Å². The van der Waals surface area contributed by atoms with Crippen molar-refractivity contribution < 1.29 is 27.9 Å². The number of alkyl halides is 3. The van der Waals surface area contributed by atoms with Crippen LogP contribution in [0, 0.1) is 0 Å². The molecule has 0 unspecified atom stereocenters. The van der Waals surface area contributed by atoms with E-state index in [4.69, 9.17) is 20.6 Å². The molecule has 0 aliphatic carbocycles. The molecule has 1 aliphatic heterocycles. The van der Waals surface area contributed by atoms with E-state index in [-0.39, 0.29) is 5.91 Å². The van der Waals surface area contributed by atoms with Crippen molar-refractivity contribution in [3.05, 3.63) is 59.4 Å². The second-order valence-electron chi connectivity index (χ2n) is 6.38. The number of nitrogens with two attached hydrogens (primary N) is 1. The summed E-state index contributed by atoms with van der Waals surface area (Å²) in [7, 11) is 1.82. The zero-order chi connectivity index (χ0) is 21.3. The van der Waals surface area contributed by atoms with E-state index in [0.717, 1.165) is 28.2 Å². The highest BCUT2D eigenvalue weighted by Crippen LogP contribution is 2.29. The number of imidazole rings is 1. The first-order valence-electron chi connectivity index (χ1n) is 8.48. The fraction of sp³-hybridized carbons (Fsp3) is 0.211. The monoisotopic (exact) mass is 406 g/mol. The highest BCUT2D eigenvalue weighted by atomic mass is 19.4. The molecule has 10 heteroatoms. The van der Waals surface area contributed by atoms with E-state index < -0.39 is 12.1 Å². The third kappa shape index (κ3) is 3.92. The standard InChI is InChI=1S/C17H16N4O.C2HF3O2/c1-20-10-14-16(12-7-5-11(9-18)6-8-12)19-15-4-2-3-13(17(20)22)21(14)15;3-2(4,5)1(6)7/h2-8H,9-10,18H2,1H3;(H,6,7). The van der Waals surface area contributed by atoms with Gasteiger partial charge in [-0.05, 0) is 17.7 Å². The molecule has 0 atom stereocenters. The lowest BCUT2D eigenvalue weighted by Gasteiger charge is -2.24. The summed E-state index contributed by atoms with van der Waals surface area (Å²) in [6.45, 7) is 1.09. The van der Waals surface area contributed by atoms with Gasteiger partial charge >= 0.3 is 12.1 Å². The third-order valence-corrected chi connectivity index (χ3v) is 4.40. The van der Waals surface area contributed by atoms with Crippen LogP contribution in [0.3, 0.4) is 0 Å². The Hall–Kier alpha value is -3.40.